The summed E-state index contributed by atoms with van der Waals surface area (Å²) in [6.07, 6.45) is 0.133. The van der Waals surface area contributed by atoms with Crippen LogP contribution >= 0.6 is 0 Å². The number of carbonyl (C=O) groups is 4. The molecule has 44 heavy (non-hydrogen) atoms. The summed E-state index contributed by atoms with van der Waals surface area (Å²) in [7, 11) is 0. The minimum Gasteiger partial charge on any atom is -0.481 e. The number of amides is 4. The zero-order valence-electron chi connectivity index (χ0n) is 25.0. The average molecular weight is 610 g/mol. The Balaban J connectivity index is 1.74. The lowest BCUT2D eigenvalue weighted by molar-refractivity contribution is -0.180. The van der Waals surface area contributed by atoms with Crippen LogP contribution in [0, 0.1) is 0 Å². The van der Waals surface area contributed by atoms with Gasteiger partial charge in [-0.2, -0.15) is 0 Å². The highest BCUT2D eigenvalue weighted by molar-refractivity contribution is 5.91. The van der Waals surface area contributed by atoms with E-state index in [1.54, 1.807) is 33.0 Å². The molecule has 0 spiro atoms. The summed E-state index contributed by atoms with van der Waals surface area (Å²) in [6, 6.07) is 15.6. The van der Waals surface area contributed by atoms with Crippen LogP contribution in [0.5, 0.6) is 0 Å². The van der Waals surface area contributed by atoms with Crippen LogP contribution in [0.3, 0.4) is 0 Å². The van der Waals surface area contributed by atoms with E-state index in [0.29, 0.717) is 24.3 Å². The fraction of sp³-hybridized carbons (Fsp3) is 0.387. The fourth-order valence-electron chi connectivity index (χ4n) is 4.50. The van der Waals surface area contributed by atoms with Crippen molar-refractivity contribution in [3.63, 3.8) is 0 Å². The first-order valence-corrected chi connectivity index (χ1v) is 14.3. The summed E-state index contributed by atoms with van der Waals surface area (Å²) in [5, 5.41) is 15.5. The highest BCUT2D eigenvalue weighted by atomic mass is 16.7. The quantitative estimate of drug-likeness (QED) is 0.133. The van der Waals surface area contributed by atoms with E-state index in [-0.39, 0.29) is 13.1 Å². The summed E-state index contributed by atoms with van der Waals surface area (Å²) < 4.78 is 11.5. The Kier molecular flexibility index (Phi) is 13.5. The monoisotopic (exact) mass is 609 g/mol. The van der Waals surface area contributed by atoms with Gasteiger partial charge in [0.25, 0.3) is 0 Å². The van der Waals surface area contributed by atoms with Gasteiger partial charge in [0.15, 0.2) is 12.9 Å². The van der Waals surface area contributed by atoms with Crippen molar-refractivity contribution >= 4 is 34.7 Å². The molecule has 0 aliphatic carbocycles. The van der Waals surface area contributed by atoms with Crippen LogP contribution < -0.4 is 16.1 Å². The molecule has 4 N–H and O–H groups in total. The Labute approximate surface area is 255 Å². The van der Waals surface area contributed by atoms with Crippen molar-refractivity contribution in [3.8, 4) is 0 Å². The molecule has 0 radical (unpaired) electrons. The lowest BCUT2D eigenvalue weighted by atomic mass is 10.1. The van der Waals surface area contributed by atoms with E-state index in [1.165, 1.54) is 4.90 Å². The average Bonchev–Trinajstić information content (AvgIpc) is 3.02. The van der Waals surface area contributed by atoms with Crippen LogP contribution in [-0.2, 0) is 41.8 Å². The second-order valence-corrected chi connectivity index (χ2v) is 9.76. The van der Waals surface area contributed by atoms with Gasteiger partial charge >= 0.3 is 12.0 Å². The molecular formula is C31H39N5O8. The third kappa shape index (κ3) is 10.3. The number of aliphatic carboxylic acids is 1. The second kappa shape index (κ2) is 17.5. The van der Waals surface area contributed by atoms with Crippen LogP contribution in [-0.4, -0.2) is 77.0 Å². The zero-order valence-corrected chi connectivity index (χ0v) is 25.0. The smallest absolute Gasteiger partial charge is 0.338 e. The van der Waals surface area contributed by atoms with Gasteiger partial charge in [0.05, 0.1) is 18.0 Å². The van der Waals surface area contributed by atoms with Gasteiger partial charge in [0.1, 0.15) is 6.04 Å². The number of urea groups is 1. The molecule has 4 amide bonds. The SMILES string of the molecule is CCOC(OCC)C(C)N(Cc1cccc2cccnc12)C(=O)C(CC(=O)O)NC(=O)CONC(=O)NCc1ccccc1. The molecule has 2 unspecified atom stereocenters. The molecular weight excluding hydrogens is 570 g/mol. The molecule has 0 aliphatic rings. The number of carboxylic acids is 1. The standard InChI is InChI=1S/C31H39N5O8/c1-4-42-30(43-5-2)21(3)36(19-24-14-9-13-23-15-10-16-32-28(23)24)29(40)25(17-27(38)39)34-26(37)20-44-35-31(41)33-18-22-11-7-6-8-12-22/h6-16,21,25,30H,4-5,17-20H2,1-3H3,(H,34,37)(H,38,39)(H2,33,35,41). The predicted octanol–water partition coefficient (Wildman–Crippen LogP) is 2.74. The van der Waals surface area contributed by atoms with Gasteiger partial charge in [-0.15, -0.1) is 0 Å². The maximum Gasteiger partial charge on any atom is 0.338 e. The maximum absolute atomic E-state index is 14.0. The van der Waals surface area contributed by atoms with Gasteiger partial charge in [-0.3, -0.25) is 24.2 Å². The van der Waals surface area contributed by atoms with Gasteiger partial charge in [-0.1, -0.05) is 54.6 Å². The number of benzene rings is 2. The number of carboxylic acid groups (broad SMARTS) is 1. The molecule has 0 aliphatic heterocycles. The third-order valence-electron chi connectivity index (χ3n) is 6.56. The van der Waals surface area contributed by atoms with E-state index in [1.807, 2.05) is 54.6 Å². The van der Waals surface area contributed by atoms with E-state index in [2.05, 4.69) is 21.1 Å². The molecule has 0 fully saturated rings. The largest absolute Gasteiger partial charge is 0.481 e. The van der Waals surface area contributed by atoms with Crippen molar-refractivity contribution in [2.75, 3.05) is 19.8 Å². The van der Waals surface area contributed by atoms with Crippen LogP contribution in [0.1, 0.15) is 38.3 Å². The number of rotatable bonds is 17. The van der Waals surface area contributed by atoms with Gasteiger partial charge in [0.2, 0.25) is 11.8 Å². The Bertz CT molecular complexity index is 1380. The van der Waals surface area contributed by atoms with Crippen LogP contribution in [0.4, 0.5) is 4.79 Å². The van der Waals surface area contributed by atoms with Crippen molar-refractivity contribution in [2.24, 2.45) is 0 Å². The molecule has 0 saturated heterocycles. The minimum atomic E-state index is -1.45. The molecule has 3 rings (SSSR count). The Hall–Kier alpha value is -4.59. The van der Waals surface area contributed by atoms with E-state index in [0.717, 1.165) is 10.9 Å². The third-order valence-corrected chi connectivity index (χ3v) is 6.56. The molecule has 3 aromatic rings. The lowest BCUT2D eigenvalue weighted by Crippen LogP contribution is -2.55. The minimum absolute atomic E-state index is 0.0383. The highest BCUT2D eigenvalue weighted by Crippen LogP contribution is 2.22. The van der Waals surface area contributed by atoms with Crippen LogP contribution in [0.2, 0.25) is 0 Å². The van der Waals surface area contributed by atoms with Crippen LogP contribution in [0.15, 0.2) is 66.9 Å². The molecule has 13 heteroatoms. The summed E-state index contributed by atoms with van der Waals surface area (Å²) >= 11 is 0. The summed E-state index contributed by atoms with van der Waals surface area (Å²) in [5.74, 6) is -2.77. The number of hydroxylamine groups is 1. The molecule has 0 bridgehead atoms. The van der Waals surface area contributed by atoms with Crippen molar-refractivity contribution < 1.29 is 38.6 Å². The molecule has 2 atom stereocenters. The number of nitrogens with one attached hydrogen (secondary N) is 3. The van der Waals surface area contributed by atoms with E-state index in [4.69, 9.17) is 14.3 Å². The first kappa shape index (κ1) is 33.9. The topological polar surface area (TPSA) is 168 Å². The number of aromatic nitrogens is 1. The Morgan fingerprint density at radius 3 is 2.34 bits per heavy atom. The van der Waals surface area contributed by atoms with Gasteiger partial charge < -0.3 is 30.1 Å². The molecule has 236 valence electrons. The molecule has 13 nitrogen and oxygen atoms in total. The number of fused-ring (bicyclic) bond motifs is 1. The summed E-state index contributed by atoms with van der Waals surface area (Å²) in [4.78, 5) is 61.4. The zero-order chi connectivity index (χ0) is 31.9. The van der Waals surface area contributed by atoms with E-state index in [9.17, 15) is 24.3 Å². The number of pyridine rings is 1. The Morgan fingerprint density at radius 2 is 1.66 bits per heavy atom. The van der Waals surface area contributed by atoms with Gasteiger partial charge in [0, 0.05) is 37.9 Å². The van der Waals surface area contributed by atoms with E-state index < -0.39 is 55.2 Å². The van der Waals surface area contributed by atoms with Crippen molar-refractivity contribution in [1.29, 1.82) is 0 Å². The normalized spacial score (nSPS) is 12.4. The molecule has 0 saturated carbocycles. The van der Waals surface area contributed by atoms with Gasteiger partial charge in [-0.05, 0) is 38.0 Å². The van der Waals surface area contributed by atoms with Crippen molar-refractivity contribution in [2.45, 2.75) is 58.7 Å². The second-order valence-electron chi connectivity index (χ2n) is 9.76. The Morgan fingerprint density at radius 1 is 0.955 bits per heavy atom. The molecule has 2 aromatic carbocycles. The number of ether oxygens (including phenoxy) is 2. The van der Waals surface area contributed by atoms with Gasteiger partial charge in [-0.25, -0.2) is 10.3 Å². The number of carbonyl (C=O) groups excluding carboxylic acids is 3. The number of hydrogen-bond acceptors (Lipinski definition) is 8. The predicted molar refractivity (Wildman–Crippen MR) is 161 cm³/mol. The molecule has 1 heterocycles. The van der Waals surface area contributed by atoms with E-state index >= 15 is 0 Å². The summed E-state index contributed by atoms with van der Waals surface area (Å²) in [6.45, 7) is 5.56. The first-order chi connectivity index (χ1) is 21.2. The highest BCUT2D eigenvalue weighted by Gasteiger charge is 2.35. The van der Waals surface area contributed by atoms with Crippen molar-refractivity contribution in [1.82, 2.24) is 26.0 Å². The first-order valence-electron chi connectivity index (χ1n) is 14.3. The fourth-order valence-corrected chi connectivity index (χ4v) is 4.50. The lowest BCUT2D eigenvalue weighted by Gasteiger charge is -2.36. The number of hydrogen-bond donors (Lipinski definition) is 4. The van der Waals surface area contributed by atoms with Crippen LogP contribution in [0.25, 0.3) is 10.9 Å². The van der Waals surface area contributed by atoms with Crippen molar-refractivity contribution in [3.05, 3.63) is 78.0 Å². The molecule has 1 aromatic heterocycles. The number of para-hydroxylation sites is 1. The summed E-state index contributed by atoms with van der Waals surface area (Å²) in [5.41, 5.74) is 4.35. The number of nitrogens with zero attached hydrogens (tertiary/aromatic N) is 2. The maximum atomic E-state index is 14.0.